The molecule has 2 heterocycles. The lowest BCUT2D eigenvalue weighted by molar-refractivity contribution is 0.579. The Morgan fingerprint density at radius 1 is 1.08 bits per heavy atom. The van der Waals surface area contributed by atoms with Crippen molar-refractivity contribution in [3.8, 4) is 0 Å². The molecule has 1 aliphatic rings. The summed E-state index contributed by atoms with van der Waals surface area (Å²) in [7, 11) is -3.70. The van der Waals surface area contributed by atoms with Gasteiger partial charge in [-0.05, 0) is 42.5 Å². The number of furan rings is 1. The van der Waals surface area contributed by atoms with Crippen molar-refractivity contribution < 1.29 is 12.8 Å². The van der Waals surface area contributed by atoms with Gasteiger partial charge in [-0.2, -0.15) is 0 Å². The first-order valence-electron chi connectivity index (χ1n) is 8.28. The number of fused-ring (bicyclic) bond motifs is 1. The van der Waals surface area contributed by atoms with E-state index in [1.807, 2.05) is 12.1 Å². The molecule has 2 N–H and O–H groups in total. The molecule has 1 fully saturated rings. The standard InChI is InChI=1S/C18H18ClN3O3S/c19-14-1-3-16(4-2-14)26(23,24)21-15-11-13-5-10-25-18(13)17(12-15)22-8-6-20-7-9-22/h1-5,10-12,20-21H,6-9H2. The van der Waals surface area contributed by atoms with Crippen LogP contribution in [0.1, 0.15) is 0 Å². The topological polar surface area (TPSA) is 74.6 Å². The second-order valence-electron chi connectivity index (χ2n) is 6.13. The number of hydrogen-bond acceptors (Lipinski definition) is 5. The van der Waals surface area contributed by atoms with Crippen LogP contribution in [0.25, 0.3) is 11.0 Å². The number of rotatable bonds is 4. The third kappa shape index (κ3) is 3.38. The van der Waals surface area contributed by atoms with Crippen LogP contribution in [-0.4, -0.2) is 34.6 Å². The van der Waals surface area contributed by atoms with Crippen molar-refractivity contribution in [2.75, 3.05) is 35.8 Å². The minimum absolute atomic E-state index is 0.165. The van der Waals surface area contributed by atoms with Crippen molar-refractivity contribution >= 4 is 44.0 Å². The van der Waals surface area contributed by atoms with Crippen molar-refractivity contribution in [3.63, 3.8) is 0 Å². The van der Waals surface area contributed by atoms with Gasteiger partial charge in [0, 0.05) is 36.6 Å². The van der Waals surface area contributed by atoms with Crippen LogP contribution in [0.3, 0.4) is 0 Å². The zero-order chi connectivity index (χ0) is 18.1. The van der Waals surface area contributed by atoms with Gasteiger partial charge >= 0.3 is 0 Å². The Morgan fingerprint density at radius 2 is 1.81 bits per heavy atom. The van der Waals surface area contributed by atoms with Gasteiger partial charge in [0.1, 0.15) is 0 Å². The molecule has 6 nitrogen and oxygen atoms in total. The zero-order valence-corrected chi connectivity index (χ0v) is 15.5. The molecule has 136 valence electrons. The van der Waals surface area contributed by atoms with E-state index in [0.717, 1.165) is 42.8 Å². The Bertz CT molecular complexity index is 1030. The average molecular weight is 392 g/mol. The van der Waals surface area contributed by atoms with Crippen LogP contribution >= 0.6 is 11.6 Å². The van der Waals surface area contributed by atoms with Crippen LogP contribution in [0.4, 0.5) is 11.4 Å². The van der Waals surface area contributed by atoms with Gasteiger partial charge in [-0.3, -0.25) is 4.72 Å². The lowest BCUT2D eigenvalue weighted by atomic mass is 10.2. The molecule has 2 aromatic carbocycles. The van der Waals surface area contributed by atoms with E-state index in [9.17, 15) is 8.42 Å². The number of halogens is 1. The molecule has 8 heteroatoms. The lowest BCUT2D eigenvalue weighted by Crippen LogP contribution is -2.43. The van der Waals surface area contributed by atoms with Gasteiger partial charge in [0.15, 0.2) is 5.58 Å². The highest BCUT2D eigenvalue weighted by Gasteiger charge is 2.19. The second-order valence-corrected chi connectivity index (χ2v) is 8.25. The normalized spacial score (nSPS) is 15.3. The molecule has 1 saturated heterocycles. The Labute approximate surface area is 156 Å². The molecule has 0 spiro atoms. The summed E-state index contributed by atoms with van der Waals surface area (Å²) >= 11 is 5.85. The van der Waals surface area contributed by atoms with Crippen molar-refractivity contribution in [2.24, 2.45) is 0 Å². The molecule has 0 radical (unpaired) electrons. The highest BCUT2D eigenvalue weighted by molar-refractivity contribution is 7.92. The first kappa shape index (κ1) is 17.2. The van der Waals surface area contributed by atoms with E-state index in [4.69, 9.17) is 16.0 Å². The van der Waals surface area contributed by atoms with E-state index in [2.05, 4.69) is 14.9 Å². The summed E-state index contributed by atoms with van der Waals surface area (Å²) in [4.78, 5) is 2.36. The van der Waals surface area contributed by atoms with Gasteiger partial charge in [0.2, 0.25) is 0 Å². The zero-order valence-electron chi connectivity index (χ0n) is 13.9. The summed E-state index contributed by atoms with van der Waals surface area (Å²) < 4.78 is 33.6. The Morgan fingerprint density at radius 3 is 2.54 bits per heavy atom. The number of piperazine rings is 1. The molecule has 1 aliphatic heterocycles. The SMILES string of the molecule is O=S(=O)(Nc1cc(N2CCNCC2)c2occc2c1)c1ccc(Cl)cc1. The maximum absolute atomic E-state index is 12.7. The highest BCUT2D eigenvalue weighted by Crippen LogP contribution is 2.33. The van der Waals surface area contributed by atoms with Crippen LogP contribution in [0.2, 0.25) is 5.02 Å². The summed E-state index contributed by atoms with van der Waals surface area (Å²) in [6.07, 6.45) is 1.62. The van der Waals surface area contributed by atoms with Gasteiger partial charge < -0.3 is 14.6 Å². The van der Waals surface area contributed by atoms with Crippen molar-refractivity contribution in [2.45, 2.75) is 4.90 Å². The molecule has 3 aromatic rings. The maximum Gasteiger partial charge on any atom is 0.261 e. The summed E-state index contributed by atoms with van der Waals surface area (Å²) in [5.41, 5.74) is 2.16. The Balaban J connectivity index is 1.71. The maximum atomic E-state index is 12.7. The molecule has 26 heavy (non-hydrogen) atoms. The third-order valence-corrected chi connectivity index (χ3v) is 6.01. The number of nitrogens with one attached hydrogen (secondary N) is 2. The van der Waals surface area contributed by atoms with E-state index in [-0.39, 0.29) is 4.90 Å². The molecule has 0 atom stereocenters. The summed E-state index contributed by atoms with van der Waals surface area (Å²) in [5.74, 6) is 0. The summed E-state index contributed by atoms with van der Waals surface area (Å²) in [6.45, 7) is 3.43. The van der Waals surface area contributed by atoms with Gasteiger partial charge in [0.25, 0.3) is 10.0 Å². The van der Waals surface area contributed by atoms with Crippen LogP contribution in [0, 0.1) is 0 Å². The minimum Gasteiger partial charge on any atom is -0.462 e. The fraction of sp³-hybridized carbons (Fsp3) is 0.222. The van der Waals surface area contributed by atoms with E-state index < -0.39 is 10.0 Å². The van der Waals surface area contributed by atoms with E-state index in [1.54, 1.807) is 24.5 Å². The third-order valence-electron chi connectivity index (χ3n) is 4.37. The second kappa shape index (κ2) is 6.83. The summed E-state index contributed by atoms with van der Waals surface area (Å²) in [5, 5.41) is 4.66. The van der Waals surface area contributed by atoms with Crippen molar-refractivity contribution in [3.05, 3.63) is 53.8 Å². The van der Waals surface area contributed by atoms with Crippen molar-refractivity contribution in [1.29, 1.82) is 0 Å². The van der Waals surface area contributed by atoms with Gasteiger partial charge in [-0.25, -0.2) is 8.42 Å². The number of sulfonamides is 1. The number of hydrogen-bond donors (Lipinski definition) is 2. The van der Waals surface area contributed by atoms with E-state index in [0.29, 0.717) is 10.7 Å². The van der Waals surface area contributed by atoms with Crippen molar-refractivity contribution in [1.82, 2.24) is 5.32 Å². The Hall–Kier alpha value is -2.22. The van der Waals surface area contributed by atoms with Crippen LogP contribution in [0.5, 0.6) is 0 Å². The molecular weight excluding hydrogens is 374 g/mol. The van der Waals surface area contributed by atoms with Gasteiger partial charge in [0.05, 0.1) is 22.5 Å². The minimum atomic E-state index is -3.70. The predicted molar refractivity (Wildman–Crippen MR) is 104 cm³/mol. The summed E-state index contributed by atoms with van der Waals surface area (Å²) in [6, 6.07) is 11.5. The Kier molecular flexibility index (Phi) is 4.52. The molecule has 0 saturated carbocycles. The monoisotopic (exact) mass is 391 g/mol. The fourth-order valence-electron chi connectivity index (χ4n) is 3.09. The smallest absolute Gasteiger partial charge is 0.261 e. The van der Waals surface area contributed by atoms with Gasteiger partial charge in [-0.1, -0.05) is 11.6 Å². The molecule has 0 aliphatic carbocycles. The molecular formula is C18H18ClN3O3S. The molecule has 0 bridgehead atoms. The largest absolute Gasteiger partial charge is 0.462 e. The lowest BCUT2D eigenvalue weighted by Gasteiger charge is -2.29. The number of anilines is 2. The molecule has 0 amide bonds. The van der Waals surface area contributed by atoms with Gasteiger partial charge in [-0.15, -0.1) is 0 Å². The number of benzene rings is 2. The highest BCUT2D eigenvalue weighted by atomic mass is 35.5. The quantitative estimate of drug-likeness (QED) is 0.713. The van der Waals surface area contributed by atoms with Crippen LogP contribution in [0.15, 0.2) is 58.0 Å². The molecule has 4 rings (SSSR count). The average Bonchev–Trinajstić information content (AvgIpc) is 3.10. The first-order chi connectivity index (χ1) is 12.5. The number of nitrogens with zero attached hydrogens (tertiary/aromatic N) is 1. The van der Waals surface area contributed by atoms with E-state index in [1.165, 1.54) is 12.1 Å². The van der Waals surface area contributed by atoms with E-state index >= 15 is 0 Å². The fourth-order valence-corrected chi connectivity index (χ4v) is 4.26. The molecule has 1 aromatic heterocycles. The van der Waals surface area contributed by atoms with Crippen LogP contribution < -0.4 is 14.9 Å². The molecule has 0 unspecified atom stereocenters. The first-order valence-corrected chi connectivity index (χ1v) is 10.1. The predicted octanol–water partition coefficient (Wildman–Crippen LogP) is 3.30. The van der Waals surface area contributed by atoms with Crippen LogP contribution in [-0.2, 0) is 10.0 Å².